The van der Waals surface area contributed by atoms with E-state index in [1.54, 1.807) is 7.11 Å². The number of carbonyl (C=O) groups excluding carboxylic acids is 1. The van der Waals surface area contributed by atoms with Crippen LogP contribution >= 0.6 is 0 Å². The number of hydrogen-bond donors (Lipinski definition) is 1. The third-order valence-electron chi connectivity index (χ3n) is 7.40. The fourth-order valence-electron chi connectivity index (χ4n) is 5.33. The van der Waals surface area contributed by atoms with Crippen LogP contribution in [0.15, 0.2) is 54.6 Å². The van der Waals surface area contributed by atoms with Crippen LogP contribution < -0.4 is 14.4 Å². The Labute approximate surface area is 213 Å². The summed E-state index contributed by atoms with van der Waals surface area (Å²) in [5.41, 5.74) is 1.13. The Morgan fingerprint density at radius 3 is 2.39 bits per heavy atom. The Balaban J connectivity index is 1.29. The number of carboxylic acids is 1. The van der Waals surface area contributed by atoms with Crippen LogP contribution in [0.2, 0.25) is 0 Å². The minimum atomic E-state index is -0.761. The van der Waals surface area contributed by atoms with E-state index in [0.717, 1.165) is 57.0 Å². The second-order valence-corrected chi connectivity index (χ2v) is 9.64. The van der Waals surface area contributed by atoms with Crippen LogP contribution in [0.1, 0.15) is 19.3 Å². The molecular formula is C28H37N3O5. The molecule has 2 atom stereocenters. The summed E-state index contributed by atoms with van der Waals surface area (Å²) in [4.78, 5) is 31.0. The average molecular weight is 496 g/mol. The van der Waals surface area contributed by atoms with Gasteiger partial charge in [0.05, 0.1) is 12.8 Å². The van der Waals surface area contributed by atoms with E-state index in [1.807, 2.05) is 53.4 Å². The van der Waals surface area contributed by atoms with E-state index in [9.17, 15) is 14.7 Å². The monoisotopic (exact) mass is 495 g/mol. The number of piperazine rings is 1. The molecule has 0 aromatic heterocycles. The summed E-state index contributed by atoms with van der Waals surface area (Å²) < 4.78 is 11.2. The summed E-state index contributed by atoms with van der Waals surface area (Å²) >= 11 is 0. The van der Waals surface area contributed by atoms with Gasteiger partial charge in [0.15, 0.2) is 6.61 Å². The van der Waals surface area contributed by atoms with Crippen LogP contribution in [0.4, 0.5) is 5.69 Å². The molecule has 2 aromatic carbocycles. The Kier molecular flexibility index (Phi) is 9.06. The quantitative estimate of drug-likeness (QED) is 0.542. The lowest BCUT2D eigenvalue weighted by Crippen LogP contribution is -2.49. The van der Waals surface area contributed by atoms with Gasteiger partial charge < -0.3 is 24.4 Å². The molecule has 0 spiro atoms. The molecule has 2 heterocycles. The first-order valence-corrected chi connectivity index (χ1v) is 12.8. The van der Waals surface area contributed by atoms with Crippen molar-refractivity contribution in [1.82, 2.24) is 9.80 Å². The lowest BCUT2D eigenvalue weighted by Gasteiger charge is -2.40. The first kappa shape index (κ1) is 25.8. The molecule has 36 heavy (non-hydrogen) atoms. The maximum absolute atomic E-state index is 12.8. The third kappa shape index (κ3) is 6.91. The number of carboxylic acid groups (broad SMARTS) is 1. The van der Waals surface area contributed by atoms with Gasteiger partial charge in [-0.25, -0.2) is 0 Å². The minimum Gasteiger partial charge on any atom is -0.495 e. The van der Waals surface area contributed by atoms with Crippen molar-refractivity contribution in [1.29, 1.82) is 0 Å². The number of amides is 1. The third-order valence-corrected chi connectivity index (χ3v) is 7.40. The molecule has 0 radical (unpaired) electrons. The fourth-order valence-corrected chi connectivity index (χ4v) is 5.33. The second kappa shape index (κ2) is 12.6. The highest BCUT2D eigenvalue weighted by atomic mass is 16.5. The first-order chi connectivity index (χ1) is 17.5. The molecule has 0 bridgehead atoms. The zero-order chi connectivity index (χ0) is 25.3. The number of ether oxygens (including phenoxy) is 2. The number of para-hydroxylation sites is 3. The number of nitrogens with zero attached hydrogens (tertiary/aromatic N) is 3. The van der Waals surface area contributed by atoms with E-state index in [4.69, 9.17) is 9.47 Å². The smallest absolute Gasteiger partial charge is 0.303 e. The molecule has 4 rings (SSSR count). The average Bonchev–Trinajstić information content (AvgIpc) is 2.91. The Hall–Kier alpha value is -3.26. The van der Waals surface area contributed by atoms with Crippen LogP contribution in [0.3, 0.4) is 0 Å². The molecule has 0 saturated carbocycles. The van der Waals surface area contributed by atoms with Gasteiger partial charge >= 0.3 is 5.97 Å². The molecule has 2 saturated heterocycles. The number of anilines is 1. The second-order valence-electron chi connectivity index (χ2n) is 9.64. The van der Waals surface area contributed by atoms with Gasteiger partial charge in [-0.15, -0.1) is 0 Å². The number of hydrogen-bond acceptors (Lipinski definition) is 6. The number of carbonyl (C=O) groups is 2. The molecule has 8 heteroatoms. The van der Waals surface area contributed by atoms with Crippen LogP contribution in [-0.4, -0.2) is 86.3 Å². The number of methoxy groups -OCH3 is 1. The molecule has 2 aliphatic rings. The van der Waals surface area contributed by atoms with Gasteiger partial charge in [-0.2, -0.15) is 0 Å². The number of rotatable bonds is 10. The van der Waals surface area contributed by atoms with Gasteiger partial charge in [0.25, 0.3) is 5.91 Å². The van der Waals surface area contributed by atoms with Crippen molar-refractivity contribution in [2.24, 2.45) is 11.8 Å². The highest BCUT2D eigenvalue weighted by molar-refractivity contribution is 5.78. The predicted octanol–water partition coefficient (Wildman–Crippen LogP) is 3.23. The van der Waals surface area contributed by atoms with Crippen molar-refractivity contribution in [2.75, 3.05) is 64.4 Å². The summed E-state index contributed by atoms with van der Waals surface area (Å²) in [6, 6.07) is 17.4. The van der Waals surface area contributed by atoms with E-state index in [-0.39, 0.29) is 30.8 Å². The molecule has 1 N–H and O–H groups in total. The number of aliphatic carboxylic acids is 1. The molecule has 8 nitrogen and oxygen atoms in total. The van der Waals surface area contributed by atoms with Gasteiger partial charge in [0.2, 0.25) is 0 Å². The molecule has 0 unspecified atom stereocenters. The summed E-state index contributed by atoms with van der Waals surface area (Å²) in [5.74, 6) is 1.03. The van der Waals surface area contributed by atoms with Gasteiger partial charge in [0, 0.05) is 45.7 Å². The molecule has 2 aliphatic heterocycles. The van der Waals surface area contributed by atoms with Crippen molar-refractivity contribution in [2.45, 2.75) is 19.3 Å². The van der Waals surface area contributed by atoms with Crippen molar-refractivity contribution in [3.63, 3.8) is 0 Å². The van der Waals surface area contributed by atoms with Gasteiger partial charge in [-0.1, -0.05) is 30.3 Å². The van der Waals surface area contributed by atoms with Crippen molar-refractivity contribution in [3.8, 4) is 11.5 Å². The summed E-state index contributed by atoms with van der Waals surface area (Å²) in [5, 5.41) is 9.44. The van der Waals surface area contributed by atoms with Crippen LogP contribution in [0.5, 0.6) is 11.5 Å². The van der Waals surface area contributed by atoms with E-state index in [1.165, 1.54) is 0 Å². The zero-order valence-electron chi connectivity index (χ0n) is 21.1. The lowest BCUT2D eigenvalue weighted by atomic mass is 9.81. The molecule has 2 aromatic rings. The zero-order valence-corrected chi connectivity index (χ0v) is 21.1. The Bertz CT molecular complexity index is 994. The molecule has 194 valence electrons. The Morgan fingerprint density at radius 1 is 0.944 bits per heavy atom. The van der Waals surface area contributed by atoms with Crippen molar-refractivity contribution in [3.05, 3.63) is 54.6 Å². The molecule has 2 fully saturated rings. The normalized spacial score (nSPS) is 20.7. The maximum Gasteiger partial charge on any atom is 0.303 e. The molecule has 1 amide bonds. The SMILES string of the molecule is COc1ccccc1N1CCN(CC[C@@H]2CN(C(=O)COc3ccccc3)CC[C@H]2CC(=O)O)CC1. The standard InChI is InChI=1S/C28H37N3O5/c1-35-26-10-6-5-9-25(26)30-17-15-29(16-18-30)13-11-23-20-31(14-12-22(23)19-28(33)34)27(32)21-36-24-7-3-2-4-8-24/h2-10,22-23H,11-21H2,1H3,(H,33,34)/t22-,23+/m0/s1. The first-order valence-electron chi connectivity index (χ1n) is 12.8. The molecular weight excluding hydrogens is 458 g/mol. The van der Waals surface area contributed by atoms with Crippen LogP contribution in [0.25, 0.3) is 0 Å². The number of likely N-dealkylation sites (tertiary alicyclic amines) is 1. The topological polar surface area (TPSA) is 82.5 Å². The van der Waals surface area contributed by atoms with E-state index in [0.29, 0.717) is 18.8 Å². The van der Waals surface area contributed by atoms with Gasteiger partial charge in [-0.05, 0) is 55.5 Å². The fraction of sp³-hybridized carbons (Fsp3) is 0.500. The summed E-state index contributed by atoms with van der Waals surface area (Å²) in [6.07, 6.45) is 1.76. The minimum absolute atomic E-state index is 0.00520. The van der Waals surface area contributed by atoms with Crippen molar-refractivity contribution >= 4 is 17.6 Å². The van der Waals surface area contributed by atoms with Crippen LogP contribution in [-0.2, 0) is 9.59 Å². The lowest BCUT2D eigenvalue weighted by molar-refractivity contribution is -0.140. The van der Waals surface area contributed by atoms with Crippen molar-refractivity contribution < 1.29 is 24.2 Å². The van der Waals surface area contributed by atoms with E-state index >= 15 is 0 Å². The molecule has 0 aliphatic carbocycles. The van der Waals surface area contributed by atoms with E-state index < -0.39 is 5.97 Å². The van der Waals surface area contributed by atoms with Crippen LogP contribution in [0, 0.1) is 11.8 Å². The van der Waals surface area contributed by atoms with Gasteiger partial charge in [0.1, 0.15) is 11.5 Å². The Morgan fingerprint density at radius 2 is 1.67 bits per heavy atom. The predicted molar refractivity (Wildman–Crippen MR) is 139 cm³/mol. The number of benzene rings is 2. The van der Waals surface area contributed by atoms with Gasteiger partial charge in [-0.3, -0.25) is 14.5 Å². The highest BCUT2D eigenvalue weighted by Crippen LogP contribution is 2.31. The van der Waals surface area contributed by atoms with E-state index in [2.05, 4.69) is 15.9 Å². The number of piperidine rings is 1. The highest BCUT2D eigenvalue weighted by Gasteiger charge is 2.33. The summed E-state index contributed by atoms with van der Waals surface area (Å²) in [6.45, 7) is 5.83. The maximum atomic E-state index is 12.8. The largest absolute Gasteiger partial charge is 0.495 e. The summed E-state index contributed by atoms with van der Waals surface area (Å²) in [7, 11) is 1.70.